The molecule has 0 spiro atoms. The van der Waals surface area contributed by atoms with Crippen molar-refractivity contribution in [2.45, 2.75) is 27.2 Å². The van der Waals surface area contributed by atoms with Crippen LogP contribution in [0.4, 0.5) is 5.13 Å². The number of aromatic amines is 1. The first kappa shape index (κ1) is 19.2. The van der Waals surface area contributed by atoms with Gasteiger partial charge in [0.15, 0.2) is 22.4 Å². The Morgan fingerprint density at radius 1 is 1.24 bits per heavy atom. The van der Waals surface area contributed by atoms with Gasteiger partial charge in [-0.15, -0.1) is 11.3 Å². The van der Waals surface area contributed by atoms with E-state index < -0.39 is 0 Å². The third kappa shape index (κ3) is 3.63. The first-order valence-corrected chi connectivity index (χ1v) is 10.2. The topological polar surface area (TPSA) is 93.3 Å². The number of ether oxygens (including phenoxy) is 2. The molecule has 3 heterocycles. The molecule has 7 nitrogen and oxygen atoms in total. The summed E-state index contributed by atoms with van der Waals surface area (Å²) in [5.74, 6) is 1.06. The highest BCUT2D eigenvalue weighted by Crippen LogP contribution is 2.35. The number of hydrogen-bond donors (Lipinski definition) is 2. The second kappa shape index (κ2) is 7.71. The highest BCUT2D eigenvalue weighted by atomic mass is 32.1. The third-order valence-electron chi connectivity index (χ3n) is 4.79. The predicted octanol–water partition coefficient (Wildman–Crippen LogP) is 4.24. The second-order valence-corrected chi connectivity index (χ2v) is 7.60. The van der Waals surface area contributed by atoms with Gasteiger partial charge < -0.3 is 14.5 Å². The first-order chi connectivity index (χ1) is 14.0. The zero-order valence-corrected chi connectivity index (χ0v) is 17.2. The number of aryl methyl sites for hydroxylation is 1. The summed E-state index contributed by atoms with van der Waals surface area (Å²) in [7, 11) is 0. The summed E-state index contributed by atoms with van der Waals surface area (Å²) < 4.78 is 11.2. The number of nitrogens with zero attached hydrogens (tertiary/aromatic N) is 1. The molecule has 4 rings (SSSR count). The zero-order chi connectivity index (χ0) is 20.5. The van der Waals surface area contributed by atoms with Gasteiger partial charge >= 0.3 is 0 Å². The van der Waals surface area contributed by atoms with Gasteiger partial charge in [0.1, 0.15) is 18.9 Å². The van der Waals surface area contributed by atoms with Crippen LogP contribution in [0.2, 0.25) is 0 Å². The van der Waals surface area contributed by atoms with Gasteiger partial charge in [0.05, 0.1) is 5.69 Å². The Balaban J connectivity index is 1.56. The number of ketones is 1. The molecule has 1 amide bonds. The van der Waals surface area contributed by atoms with E-state index in [4.69, 9.17) is 9.47 Å². The number of amides is 1. The molecule has 0 radical (unpaired) electrons. The summed E-state index contributed by atoms with van der Waals surface area (Å²) in [5.41, 5.74) is 4.06. The quantitative estimate of drug-likeness (QED) is 0.613. The molecule has 2 aromatic heterocycles. The predicted molar refractivity (Wildman–Crippen MR) is 111 cm³/mol. The maximum atomic E-state index is 12.8. The lowest BCUT2D eigenvalue weighted by molar-refractivity contribution is 0.101. The van der Waals surface area contributed by atoms with E-state index in [1.807, 2.05) is 30.5 Å². The van der Waals surface area contributed by atoms with E-state index in [9.17, 15) is 9.59 Å². The number of carbonyl (C=O) groups excluding carboxylic acids is 2. The smallest absolute Gasteiger partial charge is 0.274 e. The van der Waals surface area contributed by atoms with Gasteiger partial charge in [-0.25, -0.2) is 4.98 Å². The molecule has 0 saturated carbocycles. The van der Waals surface area contributed by atoms with Gasteiger partial charge in [-0.3, -0.25) is 14.9 Å². The lowest BCUT2D eigenvalue weighted by Crippen LogP contribution is -2.15. The minimum atomic E-state index is -0.305. The summed E-state index contributed by atoms with van der Waals surface area (Å²) in [6.07, 6.45) is 0.586. The third-order valence-corrected chi connectivity index (χ3v) is 5.54. The zero-order valence-electron chi connectivity index (χ0n) is 16.4. The van der Waals surface area contributed by atoms with E-state index in [0.717, 1.165) is 22.6 Å². The molecule has 150 valence electrons. The number of carbonyl (C=O) groups is 2. The van der Waals surface area contributed by atoms with Crippen LogP contribution >= 0.6 is 11.3 Å². The average Bonchev–Trinajstić information content (AvgIpc) is 3.31. The Kier molecular flexibility index (Phi) is 5.10. The summed E-state index contributed by atoms with van der Waals surface area (Å²) >= 11 is 1.34. The fourth-order valence-electron chi connectivity index (χ4n) is 3.53. The van der Waals surface area contributed by atoms with Crippen molar-refractivity contribution < 1.29 is 19.1 Å². The van der Waals surface area contributed by atoms with Crippen LogP contribution in [-0.4, -0.2) is 34.9 Å². The van der Waals surface area contributed by atoms with Gasteiger partial charge in [-0.1, -0.05) is 6.92 Å². The summed E-state index contributed by atoms with van der Waals surface area (Å²) in [4.78, 5) is 32.3. The van der Waals surface area contributed by atoms with E-state index in [0.29, 0.717) is 47.5 Å². The minimum absolute atomic E-state index is 0.0511. The maximum absolute atomic E-state index is 12.8. The average molecular weight is 411 g/mol. The monoisotopic (exact) mass is 411 g/mol. The molecule has 0 unspecified atom stereocenters. The molecule has 0 saturated heterocycles. The minimum Gasteiger partial charge on any atom is -0.486 e. The standard InChI is InChI=1S/C21H21N3O4S/c1-4-14-18(12(3)25)11(2)22-19(14)20(26)24-21-23-15(10-29-21)13-5-6-16-17(9-13)28-8-7-27-16/h5-6,9-10,22H,4,7-8H2,1-3H3,(H,23,24,26). The van der Waals surface area contributed by atoms with Crippen molar-refractivity contribution in [3.05, 3.63) is 46.1 Å². The molecular weight excluding hydrogens is 390 g/mol. The molecule has 0 atom stereocenters. The van der Waals surface area contributed by atoms with E-state index in [2.05, 4.69) is 15.3 Å². The molecule has 0 aliphatic carbocycles. The number of hydrogen-bond acceptors (Lipinski definition) is 6. The normalized spacial score (nSPS) is 12.7. The number of thiazole rings is 1. The fraction of sp³-hybridized carbons (Fsp3) is 0.286. The van der Waals surface area contributed by atoms with Gasteiger partial charge in [-0.05, 0) is 44.0 Å². The maximum Gasteiger partial charge on any atom is 0.274 e. The second-order valence-electron chi connectivity index (χ2n) is 6.74. The lowest BCUT2D eigenvalue weighted by Gasteiger charge is -2.18. The van der Waals surface area contributed by atoms with Crippen LogP contribution in [0.25, 0.3) is 11.3 Å². The molecule has 2 N–H and O–H groups in total. The SMILES string of the molecule is CCc1c(C(=O)Nc2nc(-c3ccc4c(c3)OCCO4)cs2)[nH]c(C)c1C(C)=O. The molecular formula is C21H21N3O4S. The molecule has 3 aromatic rings. The van der Waals surface area contributed by atoms with Crippen molar-refractivity contribution in [1.82, 2.24) is 9.97 Å². The van der Waals surface area contributed by atoms with Crippen LogP contribution in [0.3, 0.4) is 0 Å². The van der Waals surface area contributed by atoms with Crippen molar-refractivity contribution in [3.63, 3.8) is 0 Å². The van der Waals surface area contributed by atoms with Crippen LogP contribution in [-0.2, 0) is 6.42 Å². The number of H-pyrrole nitrogens is 1. The molecule has 1 aliphatic rings. The summed E-state index contributed by atoms with van der Waals surface area (Å²) in [5, 5.41) is 5.20. The molecule has 0 fully saturated rings. The van der Waals surface area contributed by atoms with E-state index >= 15 is 0 Å². The van der Waals surface area contributed by atoms with Gasteiger partial charge in [0.2, 0.25) is 0 Å². The summed E-state index contributed by atoms with van der Waals surface area (Å²) in [6.45, 7) is 6.30. The summed E-state index contributed by atoms with van der Waals surface area (Å²) in [6, 6.07) is 5.66. The number of Topliss-reactive ketones (excluding diaryl/α,β-unsaturated/α-hetero) is 1. The van der Waals surface area contributed by atoms with E-state index in [-0.39, 0.29) is 11.7 Å². The highest BCUT2D eigenvalue weighted by Gasteiger charge is 2.22. The van der Waals surface area contributed by atoms with Crippen LogP contribution in [0, 0.1) is 6.92 Å². The Morgan fingerprint density at radius 3 is 2.72 bits per heavy atom. The number of nitrogens with one attached hydrogen (secondary N) is 2. The van der Waals surface area contributed by atoms with Crippen molar-refractivity contribution >= 4 is 28.2 Å². The van der Waals surface area contributed by atoms with Crippen LogP contribution in [0.1, 0.15) is 46.0 Å². The number of anilines is 1. The van der Waals surface area contributed by atoms with Crippen LogP contribution in [0.15, 0.2) is 23.6 Å². The Morgan fingerprint density at radius 2 is 2.00 bits per heavy atom. The molecule has 29 heavy (non-hydrogen) atoms. The lowest BCUT2D eigenvalue weighted by atomic mass is 10.0. The Bertz CT molecular complexity index is 1100. The van der Waals surface area contributed by atoms with E-state index in [1.165, 1.54) is 18.3 Å². The number of benzene rings is 1. The largest absolute Gasteiger partial charge is 0.486 e. The van der Waals surface area contributed by atoms with Gasteiger partial charge in [0, 0.05) is 22.2 Å². The Hall–Kier alpha value is -3.13. The number of rotatable bonds is 5. The first-order valence-electron chi connectivity index (χ1n) is 9.37. The fourth-order valence-corrected chi connectivity index (χ4v) is 4.24. The Labute approximate surface area is 172 Å². The highest BCUT2D eigenvalue weighted by molar-refractivity contribution is 7.14. The molecule has 0 bridgehead atoms. The van der Waals surface area contributed by atoms with Gasteiger partial charge in [-0.2, -0.15) is 0 Å². The number of aromatic nitrogens is 2. The number of fused-ring (bicyclic) bond motifs is 1. The van der Waals surface area contributed by atoms with Crippen molar-refractivity contribution in [3.8, 4) is 22.8 Å². The molecule has 1 aliphatic heterocycles. The van der Waals surface area contributed by atoms with Crippen molar-refractivity contribution in [2.24, 2.45) is 0 Å². The van der Waals surface area contributed by atoms with Crippen molar-refractivity contribution in [2.75, 3.05) is 18.5 Å². The van der Waals surface area contributed by atoms with E-state index in [1.54, 1.807) is 6.92 Å². The van der Waals surface area contributed by atoms with Gasteiger partial charge in [0.25, 0.3) is 5.91 Å². The molecule has 1 aromatic carbocycles. The molecule has 8 heteroatoms. The van der Waals surface area contributed by atoms with Crippen LogP contribution in [0.5, 0.6) is 11.5 Å². The van der Waals surface area contributed by atoms with Crippen molar-refractivity contribution in [1.29, 1.82) is 0 Å². The van der Waals surface area contributed by atoms with Crippen LogP contribution < -0.4 is 14.8 Å².